The molecule has 2 fully saturated rings. The van der Waals surface area contributed by atoms with Crippen LogP contribution in [0.2, 0.25) is 0 Å². The summed E-state index contributed by atoms with van der Waals surface area (Å²) in [6.07, 6.45) is 4.97. The van der Waals surface area contributed by atoms with E-state index in [-0.39, 0.29) is 55.6 Å². The van der Waals surface area contributed by atoms with E-state index >= 15 is 0 Å². The maximum absolute atomic E-state index is 14.2. The van der Waals surface area contributed by atoms with Crippen LogP contribution in [0.4, 0.5) is 5.69 Å². The van der Waals surface area contributed by atoms with Gasteiger partial charge in [-0.1, -0.05) is 36.8 Å². The number of carbonyl (C=O) groups excluding carboxylic acids is 3. The van der Waals surface area contributed by atoms with Gasteiger partial charge in [0.25, 0.3) is 0 Å². The number of ketones is 1. The van der Waals surface area contributed by atoms with Crippen molar-refractivity contribution in [3.8, 4) is 23.3 Å². The number of ether oxygens (including phenoxy) is 2. The lowest BCUT2D eigenvalue weighted by Gasteiger charge is -2.45. The number of aromatic hydroxyl groups is 1. The van der Waals surface area contributed by atoms with E-state index in [9.17, 15) is 34.8 Å². The summed E-state index contributed by atoms with van der Waals surface area (Å²) in [7, 11) is 0. The van der Waals surface area contributed by atoms with Gasteiger partial charge in [0.2, 0.25) is 0 Å². The van der Waals surface area contributed by atoms with Gasteiger partial charge in [-0.25, -0.2) is 4.79 Å². The first kappa shape index (κ1) is 36.6. The molecule has 0 amide bonds. The molecule has 2 aliphatic heterocycles. The summed E-state index contributed by atoms with van der Waals surface area (Å²) in [6, 6.07) is 8.58. The number of fused-ring (bicyclic) bond motifs is 1. The van der Waals surface area contributed by atoms with Crippen LogP contribution in [0.25, 0.3) is 0 Å². The molecule has 6 atom stereocenters. The molecule has 0 unspecified atom stereocenters. The minimum absolute atomic E-state index is 0.0132. The molecular weight excluding hydrogens is 650 g/mol. The molecule has 51 heavy (non-hydrogen) atoms. The summed E-state index contributed by atoms with van der Waals surface area (Å²) in [6.45, 7) is 5.12. The molecule has 10 nitrogen and oxygen atoms in total. The Morgan fingerprint density at radius 1 is 1.06 bits per heavy atom. The Kier molecular flexibility index (Phi) is 10.6. The standard InChI is InChI=1S/C41H49NO9/c1-4-26-15-27(29-13-25(23-43)14-32(16-29)42-22-24(2)44)7-8-28-19-38(47)50-35-20-34(45)30(17-33(28)35)18-37(51-39(26)48)40(3,49)31-9-10-36(46)41(21-31)11-5-6-12-41/h4,13-14,16-17,20,24,27-28,31,37,42-45,49H,5-6,9-12,15,18-19,21-23H2,1-3H3/b26-4-/t24-,27-,28-,31+,37+,40-/m0/s1. The molecule has 6 rings (SSSR count). The van der Waals surface area contributed by atoms with Crippen LogP contribution < -0.4 is 10.1 Å². The Balaban J connectivity index is 1.43. The molecule has 2 saturated carbocycles. The average Bonchev–Trinajstić information content (AvgIpc) is 3.57. The number of anilines is 1. The number of allylic oxidation sites excluding steroid dienone is 1. The number of benzene rings is 2. The number of carbonyl (C=O) groups is 3. The summed E-state index contributed by atoms with van der Waals surface area (Å²) in [5.41, 5.74) is 1.34. The second-order valence-electron chi connectivity index (χ2n) is 15.1. The molecule has 0 saturated heterocycles. The second kappa shape index (κ2) is 14.8. The second-order valence-corrected chi connectivity index (χ2v) is 15.1. The summed E-state index contributed by atoms with van der Waals surface area (Å²) in [5, 5.41) is 46.8. The summed E-state index contributed by atoms with van der Waals surface area (Å²) in [5.74, 6) is 4.32. The van der Waals surface area contributed by atoms with E-state index in [1.165, 1.54) is 6.07 Å². The molecule has 0 radical (unpaired) electrons. The van der Waals surface area contributed by atoms with Crippen molar-refractivity contribution in [3.05, 3.63) is 64.2 Å². The van der Waals surface area contributed by atoms with Crippen LogP contribution in [-0.2, 0) is 32.1 Å². The molecule has 4 aliphatic rings. The number of aliphatic hydroxyl groups is 3. The largest absolute Gasteiger partial charge is 0.508 e. The fraction of sp³-hybridized carbons (Fsp3) is 0.537. The number of rotatable bonds is 7. The lowest BCUT2D eigenvalue weighted by Crippen LogP contribution is -2.53. The highest BCUT2D eigenvalue weighted by atomic mass is 16.6. The monoisotopic (exact) mass is 699 g/mol. The maximum Gasteiger partial charge on any atom is 0.334 e. The van der Waals surface area contributed by atoms with Gasteiger partial charge in [-0.05, 0) is 93.7 Å². The van der Waals surface area contributed by atoms with Gasteiger partial charge < -0.3 is 35.2 Å². The average molecular weight is 700 g/mol. The van der Waals surface area contributed by atoms with Gasteiger partial charge in [0.1, 0.15) is 29.0 Å². The van der Waals surface area contributed by atoms with Gasteiger partial charge in [0.15, 0.2) is 0 Å². The first-order valence-corrected chi connectivity index (χ1v) is 18.2. The minimum atomic E-state index is -1.55. The van der Waals surface area contributed by atoms with Crippen LogP contribution in [-0.4, -0.2) is 62.5 Å². The van der Waals surface area contributed by atoms with Gasteiger partial charge >= 0.3 is 11.9 Å². The van der Waals surface area contributed by atoms with Gasteiger partial charge in [0, 0.05) is 53.6 Å². The van der Waals surface area contributed by atoms with E-state index in [1.807, 2.05) is 12.1 Å². The van der Waals surface area contributed by atoms with Gasteiger partial charge in [-0.2, -0.15) is 0 Å². The van der Waals surface area contributed by atoms with Crippen LogP contribution in [0.1, 0.15) is 113 Å². The quantitative estimate of drug-likeness (QED) is 0.110. The molecule has 2 bridgehead atoms. The zero-order chi connectivity index (χ0) is 36.5. The van der Waals surface area contributed by atoms with Crippen molar-refractivity contribution in [2.75, 3.05) is 11.9 Å². The minimum Gasteiger partial charge on any atom is -0.508 e. The number of hydrogen-bond acceptors (Lipinski definition) is 10. The summed E-state index contributed by atoms with van der Waals surface area (Å²) in [4.78, 5) is 40.1. The molecule has 2 aromatic carbocycles. The lowest BCUT2D eigenvalue weighted by molar-refractivity contribution is -0.173. The number of phenolic OH excluding ortho intramolecular Hbond substituents is 1. The van der Waals surface area contributed by atoms with Crippen molar-refractivity contribution in [1.29, 1.82) is 0 Å². The third kappa shape index (κ3) is 7.71. The predicted molar refractivity (Wildman–Crippen MR) is 190 cm³/mol. The number of phenols is 1. The molecular formula is C41H49NO9. The van der Waals surface area contributed by atoms with Crippen LogP contribution >= 0.6 is 0 Å². The number of esters is 2. The first-order chi connectivity index (χ1) is 24.3. The van der Waals surface area contributed by atoms with Crippen LogP contribution in [0, 0.1) is 23.2 Å². The van der Waals surface area contributed by atoms with Crippen molar-refractivity contribution in [2.45, 2.75) is 121 Å². The highest BCUT2D eigenvalue weighted by molar-refractivity contribution is 5.89. The van der Waals surface area contributed by atoms with Gasteiger partial charge in [0.05, 0.1) is 25.0 Å². The maximum atomic E-state index is 14.2. The highest BCUT2D eigenvalue weighted by Crippen LogP contribution is 2.52. The molecule has 1 spiro atoms. The molecule has 2 aliphatic carbocycles. The number of nitrogens with one attached hydrogen (secondary N) is 1. The van der Waals surface area contributed by atoms with Gasteiger partial charge in [-0.15, -0.1) is 0 Å². The Bertz CT molecular complexity index is 1770. The van der Waals surface area contributed by atoms with Crippen molar-refractivity contribution < 1.29 is 44.3 Å². The summed E-state index contributed by atoms with van der Waals surface area (Å²) < 4.78 is 11.8. The van der Waals surface area contributed by atoms with E-state index in [0.717, 1.165) is 25.7 Å². The Hall–Kier alpha value is -4.17. The van der Waals surface area contributed by atoms with E-state index in [4.69, 9.17) is 9.47 Å². The SMILES string of the molecule is C/C=C1/C[C@@H](c2cc(CO)cc(NC[C@H](C)O)c2)C#C[C@H]2CC(=O)Oc3cc(O)c(cc32)C[C@H]([C@@](C)(O)[C@@H]2CCC(=O)C3(CCCC3)C2)OC1=O. The number of aliphatic hydroxyl groups excluding tert-OH is 2. The van der Waals surface area contributed by atoms with Crippen LogP contribution in [0.5, 0.6) is 11.5 Å². The van der Waals surface area contributed by atoms with E-state index in [2.05, 4.69) is 17.2 Å². The van der Waals surface area contributed by atoms with Crippen LogP contribution in [0.15, 0.2) is 42.0 Å². The Labute approximate surface area is 299 Å². The molecule has 272 valence electrons. The first-order valence-electron chi connectivity index (χ1n) is 18.2. The third-order valence-corrected chi connectivity index (χ3v) is 11.5. The Morgan fingerprint density at radius 2 is 1.80 bits per heavy atom. The molecule has 0 aromatic heterocycles. The number of cyclic esters (lactones) is 1. The molecule has 2 heterocycles. The predicted octanol–water partition coefficient (Wildman–Crippen LogP) is 5.34. The third-order valence-electron chi connectivity index (χ3n) is 11.5. The zero-order valence-electron chi connectivity index (χ0n) is 29.7. The van der Waals surface area contributed by atoms with Crippen LogP contribution in [0.3, 0.4) is 0 Å². The fourth-order valence-corrected chi connectivity index (χ4v) is 8.42. The van der Waals surface area contributed by atoms with E-state index in [1.54, 1.807) is 39.0 Å². The van der Waals surface area contributed by atoms with Crippen molar-refractivity contribution in [1.82, 2.24) is 0 Å². The van der Waals surface area contributed by atoms with Crippen molar-refractivity contribution >= 4 is 23.4 Å². The smallest absolute Gasteiger partial charge is 0.334 e. The molecule has 10 heteroatoms. The number of hydrogen-bond donors (Lipinski definition) is 5. The molecule has 2 aromatic rings. The normalized spacial score (nSPS) is 27.2. The van der Waals surface area contributed by atoms with Crippen molar-refractivity contribution in [2.24, 2.45) is 11.3 Å². The summed E-state index contributed by atoms with van der Waals surface area (Å²) >= 11 is 0. The van der Waals surface area contributed by atoms with E-state index in [0.29, 0.717) is 52.8 Å². The topological polar surface area (TPSA) is 163 Å². The highest BCUT2D eigenvalue weighted by Gasteiger charge is 2.52. The number of Topliss-reactive ketones (excluding diaryl/α,β-unsaturated/α-hetero) is 1. The van der Waals surface area contributed by atoms with Crippen molar-refractivity contribution in [3.63, 3.8) is 0 Å². The lowest BCUT2D eigenvalue weighted by atomic mass is 9.62. The Morgan fingerprint density at radius 3 is 2.51 bits per heavy atom. The fourth-order valence-electron chi connectivity index (χ4n) is 8.42. The molecule has 5 N–H and O–H groups in total. The van der Waals surface area contributed by atoms with E-state index < -0.39 is 47.0 Å². The zero-order valence-corrected chi connectivity index (χ0v) is 29.7. The van der Waals surface area contributed by atoms with Gasteiger partial charge in [-0.3, -0.25) is 9.59 Å².